The number of fused-ring (bicyclic) bond motifs is 1. The molecule has 0 saturated carbocycles. The van der Waals surface area contributed by atoms with Gasteiger partial charge in [0.05, 0.1) is 154 Å². The summed E-state index contributed by atoms with van der Waals surface area (Å²) in [5, 5.41) is 295. The van der Waals surface area contributed by atoms with E-state index in [2.05, 4.69) is 36.3 Å². The van der Waals surface area contributed by atoms with E-state index in [1.165, 1.54) is 6.92 Å². The molecule has 10 aliphatic rings. The van der Waals surface area contributed by atoms with Crippen LogP contribution in [0.4, 0.5) is 0 Å². The molecule has 46 atom stereocenters. The summed E-state index contributed by atoms with van der Waals surface area (Å²) in [6.07, 6.45) is -81.8. The van der Waals surface area contributed by atoms with Crippen molar-refractivity contribution in [3.05, 3.63) is 10.4 Å². The third kappa shape index (κ3) is 28.1. The van der Waals surface area contributed by atoms with Gasteiger partial charge in [-0.3, -0.25) is 19.2 Å². The first kappa shape index (κ1) is 112. The van der Waals surface area contributed by atoms with Crippen LogP contribution in [0, 0.1) is 5.92 Å². The van der Waals surface area contributed by atoms with Crippen LogP contribution in [0.3, 0.4) is 0 Å². The number of aliphatic hydroxyl groups is 25. The fraction of sp³-hybridized carbons (Fsp3) is 0.935. The highest BCUT2D eigenvalue weighted by atomic mass is 16.8. The van der Waals surface area contributed by atoms with Crippen molar-refractivity contribution in [3.63, 3.8) is 0 Å². The summed E-state index contributed by atoms with van der Waals surface area (Å²) in [5.41, 5.74) is 8.43. The lowest BCUT2D eigenvalue weighted by molar-refractivity contribution is -0.379. The van der Waals surface area contributed by atoms with Gasteiger partial charge in [-0.2, -0.15) is 0 Å². The molecule has 0 bridgehead atoms. The van der Waals surface area contributed by atoms with Crippen molar-refractivity contribution >= 4 is 29.5 Å². The van der Waals surface area contributed by atoms with Gasteiger partial charge >= 0.3 is 0 Å². The highest BCUT2D eigenvalue weighted by Crippen LogP contribution is 2.41. The SMILES string of the molecule is CC(=O)NC1[C@H](OC2[C@@H](OCC3O[C@@H](O[C@@H]4CC(CO)O[C@H]5OC(C)=N[C@H]5C4O)C(O)[C@@H](O[C@H]4O[C@@H](CO)[C@@H](O)CC(O)C4CO[C@@H]4OC(CO)[C@@H](O[C@@H]5OC(CO[C@]6(C(=O)NCCOCCOCCOCCN=[N+]=[N-])CC(O)[C@@H](NC(C)=O)CC([C@H](O)[C@H](O)CO)O6)[C@H](O)C(O)[C@@H]5O)C(O)[C@@H]4NC(C)=O)[C@@H]3O)OC(CO)[C@@H](O)[C@@H]2O)OC(CO)[C@@H](O[C@@H]2OC(CO)[C@H](O)[C@H](O)C2O)[C@@H]1O. The van der Waals surface area contributed by atoms with Crippen molar-refractivity contribution in [2.75, 3.05) is 119 Å². The van der Waals surface area contributed by atoms with Crippen LogP contribution in [0.25, 0.3) is 10.4 Å². The lowest BCUT2D eigenvalue weighted by atomic mass is 9.94. The lowest BCUT2D eigenvalue weighted by Crippen LogP contribution is -2.69. The van der Waals surface area contributed by atoms with Crippen LogP contribution in [0.1, 0.15) is 53.4 Å². The molecule has 9 saturated heterocycles. The molecular formula is C77H130N8O50. The van der Waals surface area contributed by atoms with Crippen LogP contribution in [0.5, 0.6) is 0 Å². The van der Waals surface area contributed by atoms with Gasteiger partial charge in [0.1, 0.15) is 177 Å². The summed E-state index contributed by atoms with van der Waals surface area (Å²) >= 11 is 0. The Morgan fingerprint density at radius 1 is 0.467 bits per heavy atom. The van der Waals surface area contributed by atoms with E-state index in [-0.39, 0.29) is 58.6 Å². The first-order valence-corrected chi connectivity index (χ1v) is 43.9. The minimum absolute atomic E-state index is 0.0200. The van der Waals surface area contributed by atoms with Gasteiger partial charge < -0.3 is 248 Å². The number of carbonyl (C=O) groups excluding carboxylic acids is 4. The molecule has 0 aliphatic carbocycles. The monoisotopic (exact) mass is 1970 g/mol. The summed E-state index contributed by atoms with van der Waals surface area (Å²) in [5.74, 6) is -8.39. The van der Waals surface area contributed by atoms with Crippen molar-refractivity contribution in [3.8, 4) is 0 Å². The van der Waals surface area contributed by atoms with E-state index < -0.39 is 397 Å². The maximum atomic E-state index is 14.6. The summed E-state index contributed by atoms with van der Waals surface area (Å²) in [7, 11) is 0. The largest absolute Gasteiger partial charge is 0.450 e. The maximum Gasteiger partial charge on any atom is 0.280 e. The fourth-order valence-electron chi connectivity index (χ4n) is 17.0. The average molecular weight is 1970 g/mol. The molecule has 10 aliphatic heterocycles. The van der Waals surface area contributed by atoms with Crippen molar-refractivity contribution in [1.29, 1.82) is 0 Å². The zero-order valence-corrected chi connectivity index (χ0v) is 73.7. The number of nitrogens with zero attached hydrogens (tertiary/aromatic N) is 4. The van der Waals surface area contributed by atoms with Gasteiger partial charge in [-0.25, -0.2) is 4.99 Å². The number of rotatable bonds is 44. The Bertz CT molecular complexity index is 3700. The number of amides is 4. The van der Waals surface area contributed by atoms with Gasteiger partial charge in [-0.05, 0) is 12.0 Å². The predicted octanol–water partition coefficient (Wildman–Crippen LogP) is -17.7. The van der Waals surface area contributed by atoms with Gasteiger partial charge in [0.2, 0.25) is 24.0 Å². The molecule has 0 aromatic rings. The van der Waals surface area contributed by atoms with Crippen LogP contribution in [0.15, 0.2) is 10.1 Å². The summed E-state index contributed by atoms with van der Waals surface area (Å²) in [6.45, 7) is -5.84. The minimum Gasteiger partial charge on any atom is -0.450 e. The standard InChI is InChI=1S/C77H130N8O50/c1-27(93)81-33-14-39(50(100)37(99)18-87)135-77(16-36(33)98,76(114)79-5-7-115-9-11-117-12-10-116-8-6-80-85-78)120-26-46-54(104)59(109)62(112)73(130-46)132-64-43(22-91)127-69(48(56(64)106)82-28(2)94)118-24-32-34(96)15-35(97)40(19-88)124-68(32)133-66-55(105)45(129-74(63(66)113)123-38-13-31(17-86)122-70-47(51(38)101)84-30(4)121-70)25-119-75-67(60(110)53(103)42(21-90)126-75)134-71-49(83-29(3)95)57(107)65(44(23-92)128-71)131-72-61(111)58(108)52(102)41(20-89)125-72/h31-75,86-92,96-113H,5-26H2,1-4H3,(H,79,114)(H,81,93)(H,82,94)(H,83,95)/t31?,32?,33-,34?,35-,36?,37+,38+,39?,40-,41?,42?,43?,44?,45?,46?,47-,48-,49?,50+,51?,52-,53+,54-,55+,56?,57+,58-,59?,60-,61?,62-,63?,64+,65+,66-,67?,68+,69+,70+,71-,72-,73-,74+,75-,77+/m0/s1. The van der Waals surface area contributed by atoms with Crippen LogP contribution >= 0.6 is 0 Å². The number of nitrogens with one attached hydrogen (secondary N) is 4. The molecule has 10 heterocycles. The number of aliphatic hydroxyl groups excluding tert-OH is 25. The molecular weight excluding hydrogens is 1840 g/mol. The number of hydrogen-bond donors (Lipinski definition) is 29. The molecule has 778 valence electrons. The zero-order chi connectivity index (χ0) is 98.7. The van der Waals surface area contributed by atoms with Crippen molar-refractivity contribution < 1.29 is 246 Å². The second-order valence-corrected chi connectivity index (χ2v) is 33.9. The number of azide groups is 1. The quantitative estimate of drug-likeness (QED) is 0.0117. The second kappa shape index (κ2) is 52.2. The average Bonchev–Trinajstić information content (AvgIpc) is 1.71. The van der Waals surface area contributed by atoms with Crippen molar-refractivity contribution in [2.24, 2.45) is 16.0 Å². The van der Waals surface area contributed by atoms with E-state index in [4.69, 9.17) is 105 Å². The minimum atomic E-state index is -2.85. The van der Waals surface area contributed by atoms with Crippen LogP contribution in [-0.2, 0) is 119 Å². The maximum absolute atomic E-state index is 14.6. The Balaban J connectivity index is 0.891. The van der Waals surface area contributed by atoms with Crippen molar-refractivity contribution in [2.45, 2.75) is 329 Å². The van der Waals surface area contributed by atoms with Gasteiger partial charge in [0.25, 0.3) is 11.7 Å². The Morgan fingerprint density at radius 3 is 1.53 bits per heavy atom. The van der Waals surface area contributed by atoms with Gasteiger partial charge in [0.15, 0.2) is 49.9 Å². The topological polar surface area (TPSA) is 877 Å². The normalized spacial score (nSPS) is 43.6. The molecule has 58 nitrogen and oxygen atoms in total. The molecule has 135 heavy (non-hydrogen) atoms. The summed E-state index contributed by atoms with van der Waals surface area (Å²) in [6, 6.07) is -6.40. The smallest absolute Gasteiger partial charge is 0.280 e. The van der Waals surface area contributed by atoms with E-state index >= 15 is 0 Å². The Kier molecular flexibility index (Phi) is 43.3. The third-order valence-electron chi connectivity index (χ3n) is 24.3. The fourth-order valence-corrected chi connectivity index (χ4v) is 17.0. The van der Waals surface area contributed by atoms with Crippen LogP contribution in [-0.4, -0.2) is 552 Å². The summed E-state index contributed by atoms with van der Waals surface area (Å²) in [4.78, 5) is 60.2. The first-order chi connectivity index (χ1) is 64.3. The molecule has 18 unspecified atom stereocenters. The van der Waals surface area contributed by atoms with Crippen LogP contribution in [0.2, 0.25) is 0 Å². The Labute approximate surface area is 769 Å². The van der Waals surface area contributed by atoms with E-state index in [1.54, 1.807) is 0 Å². The van der Waals surface area contributed by atoms with E-state index in [9.17, 15) is 147 Å². The molecule has 0 spiro atoms. The predicted molar refractivity (Wildman–Crippen MR) is 429 cm³/mol. The lowest BCUT2D eigenvalue weighted by Gasteiger charge is -2.49. The molecule has 10 rings (SSSR count). The van der Waals surface area contributed by atoms with Gasteiger partial charge in [-0.1, -0.05) is 5.11 Å². The molecule has 4 amide bonds. The van der Waals surface area contributed by atoms with E-state index in [0.717, 1.165) is 20.8 Å². The van der Waals surface area contributed by atoms with Gasteiger partial charge in [0, 0.05) is 65.0 Å². The molecule has 29 N–H and O–H groups in total. The molecule has 58 heteroatoms. The second-order valence-electron chi connectivity index (χ2n) is 33.9. The first-order valence-electron chi connectivity index (χ1n) is 43.9. The molecule has 0 aromatic carbocycles. The van der Waals surface area contributed by atoms with E-state index in [0.29, 0.717) is 0 Å². The summed E-state index contributed by atoms with van der Waals surface area (Å²) < 4.78 is 125. The number of carbonyl (C=O) groups is 4. The van der Waals surface area contributed by atoms with Gasteiger partial charge in [-0.15, -0.1) is 0 Å². The van der Waals surface area contributed by atoms with Crippen LogP contribution < -0.4 is 21.3 Å². The Hall–Kier alpha value is -5.14. The molecule has 0 aromatic heterocycles. The zero-order valence-electron chi connectivity index (χ0n) is 73.7. The highest BCUT2D eigenvalue weighted by molar-refractivity contribution is 5.84. The number of ether oxygens (including phenoxy) is 21. The Morgan fingerprint density at radius 2 is 0.963 bits per heavy atom. The number of aliphatic imine (C=N–C) groups is 1. The highest BCUT2D eigenvalue weighted by Gasteiger charge is 2.61. The number of hydrogen-bond acceptors (Lipinski definition) is 52. The third-order valence-corrected chi connectivity index (χ3v) is 24.3. The molecule has 9 fully saturated rings. The van der Waals surface area contributed by atoms with E-state index in [1.807, 2.05) is 0 Å². The molecule has 0 radical (unpaired) electrons. The van der Waals surface area contributed by atoms with Crippen molar-refractivity contribution in [1.82, 2.24) is 21.3 Å².